The molecule has 1 aliphatic carbocycles. The van der Waals surface area contributed by atoms with Crippen LogP contribution in [0.5, 0.6) is 0 Å². The Morgan fingerprint density at radius 3 is 2.75 bits per heavy atom. The lowest BCUT2D eigenvalue weighted by Gasteiger charge is -2.13. The van der Waals surface area contributed by atoms with Gasteiger partial charge in [-0.15, -0.1) is 0 Å². The Hall–Kier alpha value is -2.01. The monoisotopic (exact) mass is 292 g/mol. The quantitative estimate of drug-likeness (QED) is 0.849. The molecule has 2 aromatic rings. The van der Waals surface area contributed by atoms with Gasteiger partial charge < -0.3 is 15.4 Å². The molecule has 3 N–H and O–H groups in total. The van der Waals surface area contributed by atoms with Crippen molar-refractivity contribution in [3.63, 3.8) is 0 Å². The van der Waals surface area contributed by atoms with Gasteiger partial charge in [0.1, 0.15) is 0 Å². The number of nitrogens with zero attached hydrogens (tertiary/aromatic N) is 1. The van der Waals surface area contributed by atoms with Gasteiger partial charge >= 0.3 is 5.97 Å². The van der Waals surface area contributed by atoms with Crippen LogP contribution in [0.15, 0.2) is 23.1 Å². The molecule has 0 aliphatic heterocycles. The lowest BCUT2D eigenvalue weighted by Crippen LogP contribution is -2.17. The van der Waals surface area contributed by atoms with Crippen LogP contribution < -0.4 is 11.2 Å². The van der Waals surface area contributed by atoms with E-state index in [0.717, 1.165) is 12.8 Å². The van der Waals surface area contributed by atoms with Gasteiger partial charge in [0, 0.05) is 23.2 Å². The van der Waals surface area contributed by atoms with Crippen LogP contribution in [0.25, 0.3) is 10.9 Å². The fraction of sp³-hybridized carbons (Fsp3) is 0.286. The molecule has 0 amide bonds. The standard InChI is InChI=1S/C14H13ClN2O3/c15-10-5-12-9(4-11(10)16)14(20)7(3-13(18)19)6-17(12)8-1-2-8/h4-6,8H,1-3,16H2,(H,18,19). The number of halogens is 1. The molecule has 0 atom stereocenters. The molecule has 0 bridgehead atoms. The molecule has 3 rings (SSSR count). The Bertz CT molecular complexity index is 778. The van der Waals surface area contributed by atoms with Gasteiger partial charge in [-0.3, -0.25) is 9.59 Å². The first kappa shape index (κ1) is 13.0. The summed E-state index contributed by atoms with van der Waals surface area (Å²) >= 11 is 6.03. The molecule has 0 radical (unpaired) electrons. The highest BCUT2D eigenvalue weighted by Gasteiger charge is 2.26. The van der Waals surface area contributed by atoms with Gasteiger partial charge in [-0.25, -0.2) is 0 Å². The van der Waals surface area contributed by atoms with Gasteiger partial charge in [0.25, 0.3) is 0 Å². The van der Waals surface area contributed by atoms with Crippen LogP contribution in [0.2, 0.25) is 5.02 Å². The van der Waals surface area contributed by atoms with Crippen molar-refractivity contribution in [3.8, 4) is 0 Å². The molecule has 0 unspecified atom stereocenters. The summed E-state index contributed by atoms with van der Waals surface area (Å²) in [5.41, 5.74) is 6.78. The Kier molecular flexibility index (Phi) is 2.94. The number of aliphatic carboxylic acids is 1. The van der Waals surface area contributed by atoms with E-state index in [4.69, 9.17) is 22.4 Å². The minimum absolute atomic E-state index is 0.277. The number of rotatable bonds is 3. The van der Waals surface area contributed by atoms with E-state index in [-0.39, 0.29) is 17.4 Å². The van der Waals surface area contributed by atoms with E-state index in [9.17, 15) is 9.59 Å². The Balaban J connectivity index is 2.33. The van der Waals surface area contributed by atoms with Crippen molar-refractivity contribution in [3.05, 3.63) is 39.1 Å². The number of pyridine rings is 1. The lowest BCUT2D eigenvalue weighted by atomic mass is 10.1. The van der Waals surface area contributed by atoms with Crippen molar-refractivity contribution < 1.29 is 9.90 Å². The van der Waals surface area contributed by atoms with Gasteiger partial charge in [-0.05, 0) is 25.0 Å². The van der Waals surface area contributed by atoms with Crippen molar-refractivity contribution in [2.75, 3.05) is 5.73 Å². The minimum Gasteiger partial charge on any atom is -0.481 e. The molecule has 0 spiro atoms. The maximum absolute atomic E-state index is 12.3. The number of carbonyl (C=O) groups is 1. The smallest absolute Gasteiger partial charge is 0.308 e. The third-order valence-electron chi connectivity index (χ3n) is 3.51. The first-order chi connectivity index (χ1) is 9.47. The largest absolute Gasteiger partial charge is 0.481 e. The molecule has 1 fully saturated rings. The third kappa shape index (κ3) is 2.14. The molecule has 20 heavy (non-hydrogen) atoms. The number of hydrogen-bond acceptors (Lipinski definition) is 3. The topological polar surface area (TPSA) is 85.3 Å². The number of hydrogen-bond donors (Lipinski definition) is 2. The third-order valence-corrected chi connectivity index (χ3v) is 3.83. The minimum atomic E-state index is -1.02. The molecule has 5 nitrogen and oxygen atoms in total. The van der Waals surface area contributed by atoms with Crippen molar-refractivity contribution in [2.45, 2.75) is 25.3 Å². The maximum atomic E-state index is 12.3. The fourth-order valence-corrected chi connectivity index (χ4v) is 2.55. The van der Waals surface area contributed by atoms with Crippen LogP contribution in [0.3, 0.4) is 0 Å². The van der Waals surface area contributed by atoms with Crippen molar-refractivity contribution in [1.82, 2.24) is 4.57 Å². The second kappa shape index (κ2) is 4.52. The summed E-state index contributed by atoms with van der Waals surface area (Å²) in [4.78, 5) is 23.2. The normalized spacial score (nSPS) is 14.7. The maximum Gasteiger partial charge on any atom is 0.308 e. The van der Waals surface area contributed by atoms with E-state index < -0.39 is 5.97 Å². The average Bonchev–Trinajstić information content (AvgIpc) is 3.19. The van der Waals surface area contributed by atoms with E-state index >= 15 is 0 Å². The zero-order valence-electron chi connectivity index (χ0n) is 10.6. The van der Waals surface area contributed by atoms with Gasteiger partial charge in [0.05, 0.1) is 22.6 Å². The van der Waals surface area contributed by atoms with Crippen LogP contribution in [0.4, 0.5) is 5.69 Å². The first-order valence-corrected chi connectivity index (χ1v) is 6.69. The molecule has 1 aromatic heterocycles. The molecule has 0 saturated heterocycles. The second-order valence-electron chi connectivity index (χ2n) is 5.08. The van der Waals surface area contributed by atoms with Gasteiger partial charge in [-0.1, -0.05) is 11.6 Å². The summed E-state index contributed by atoms with van der Waals surface area (Å²) in [7, 11) is 0. The van der Waals surface area contributed by atoms with Crippen LogP contribution in [-0.2, 0) is 11.2 Å². The Morgan fingerprint density at radius 1 is 1.45 bits per heavy atom. The molecule has 1 aliphatic rings. The van der Waals surface area contributed by atoms with Crippen LogP contribution in [-0.4, -0.2) is 15.6 Å². The van der Waals surface area contributed by atoms with Crippen molar-refractivity contribution >= 4 is 34.2 Å². The molecule has 1 saturated carbocycles. The number of carboxylic acid groups (broad SMARTS) is 1. The van der Waals surface area contributed by atoms with Crippen LogP contribution in [0.1, 0.15) is 24.4 Å². The number of fused-ring (bicyclic) bond motifs is 1. The van der Waals surface area contributed by atoms with Gasteiger partial charge in [0.15, 0.2) is 5.43 Å². The highest BCUT2D eigenvalue weighted by Crippen LogP contribution is 2.38. The SMILES string of the molecule is Nc1cc2c(=O)c(CC(=O)O)cn(C3CC3)c2cc1Cl. The van der Waals surface area contributed by atoms with Crippen LogP contribution in [0, 0.1) is 0 Å². The number of anilines is 1. The van der Waals surface area contributed by atoms with E-state index in [1.807, 2.05) is 4.57 Å². The van der Waals surface area contributed by atoms with Crippen molar-refractivity contribution in [1.29, 1.82) is 0 Å². The summed E-state index contributed by atoms with van der Waals surface area (Å²) < 4.78 is 1.94. The summed E-state index contributed by atoms with van der Waals surface area (Å²) in [5, 5.41) is 9.74. The number of benzene rings is 1. The molecule has 1 aromatic carbocycles. The predicted molar refractivity (Wildman–Crippen MR) is 77.2 cm³/mol. The van der Waals surface area contributed by atoms with Gasteiger partial charge in [-0.2, -0.15) is 0 Å². The summed E-state index contributed by atoms with van der Waals surface area (Å²) in [6, 6.07) is 3.52. The number of nitrogens with two attached hydrogens (primary N) is 1. The summed E-state index contributed by atoms with van der Waals surface area (Å²) in [6.45, 7) is 0. The highest BCUT2D eigenvalue weighted by atomic mass is 35.5. The number of carboxylic acids is 1. The fourth-order valence-electron chi connectivity index (χ4n) is 2.39. The summed E-state index contributed by atoms with van der Waals surface area (Å²) in [6.07, 6.45) is 3.39. The Morgan fingerprint density at radius 2 is 2.15 bits per heavy atom. The van der Waals surface area contributed by atoms with E-state index in [0.29, 0.717) is 27.7 Å². The average molecular weight is 293 g/mol. The predicted octanol–water partition coefficient (Wildman–Crippen LogP) is 2.20. The number of nitrogen functional groups attached to an aromatic ring is 1. The Labute approximate surface area is 119 Å². The molecule has 1 heterocycles. The highest BCUT2D eigenvalue weighted by molar-refractivity contribution is 6.33. The zero-order chi connectivity index (χ0) is 14.4. The van der Waals surface area contributed by atoms with Gasteiger partial charge in [0.2, 0.25) is 0 Å². The first-order valence-electron chi connectivity index (χ1n) is 6.32. The van der Waals surface area contributed by atoms with E-state index in [1.165, 1.54) is 6.07 Å². The molecular formula is C14H13ClN2O3. The lowest BCUT2D eigenvalue weighted by molar-refractivity contribution is -0.136. The second-order valence-corrected chi connectivity index (χ2v) is 5.49. The zero-order valence-corrected chi connectivity index (χ0v) is 11.4. The van der Waals surface area contributed by atoms with Crippen molar-refractivity contribution in [2.24, 2.45) is 0 Å². The molecular weight excluding hydrogens is 280 g/mol. The molecule has 6 heteroatoms. The van der Waals surface area contributed by atoms with E-state index in [1.54, 1.807) is 12.3 Å². The molecule has 104 valence electrons. The number of aromatic nitrogens is 1. The van der Waals surface area contributed by atoms with E-state index in [2.05, 4.69) is 0 Å². The summed E-state index contributed by atoms with van der Waals surface area (Å²) in [5.74, 6) is -1.02. The van der Waals surface area contributed by atoms with Crippen LogP contribution >= 0.6 is 11.6 Å².